The topological polar surface area (TPSA) is 79.5 Å². The van der Waals surface area contributed by atoms with Crippen molar-refractivity contribution >= 4 is 14.9 Å². The van der Waals surface area contributed by atoms with E-state index in [1.807, 2.05) is 42.5 Å². The summed E-state index contributed by atoms with van der Waals surface area (Å²) in [5, 5.41) is 12.3. The lowest BCUT2D eigenvalue weighted by Crippen LogP contribution is -2.17. The van der Waals surface area contributed by atoms with Crippen molar-refractivity contribution in [3.63, 3.8) is 0 Å². The fourth-order valence-electron chi connectivity index (χ4n) is 2.44. The van der Waals surface area contributed by atoms with Gasteiger partial charge in [-0.1, -0.05) is 53.7 Å². The molecular weight excluding hydrogens is 312 g/mol. The largest absolute Gasteiger partial charge is 0.376 e. The van der Waals surface area contributed by atoms with Crippen LogP contribution >= 0.6 is 0 Å². The van der Waals surface area contributed by atoms with E-state index in [2.05, 4.69) is 5.16 Å². The lowest BCUT2D eigenvalue weighted by Gasteiger charge is -2.10. The SMILES string of the molecule is N#CC1CC(S(=O)(=O)c2ccccc2Cc2ccccc2)=NO1. The maximum Gasteiger partial charge on any atom is 0.223 e. The van der Waals surface area contributed by atoms with E-state index in [0.29, 0.717) is 12.0 Å². The van der Waals surface area contributed by atoms with Gasteiger partial charge in [-0.2, -0.15) is 5.26 Å². The standard InChI is InChI=1S/C17H14N2O3S/c18-12-15-11-17(19-22-15)23(20,21)16-9-5-4-8-14(16)10-13-6-2-1-3-7-13/h1-9,15H,10-11H2. The number of rotatable bonds is 3. The van der Waals surface area contributed by atoms with Crippen molar-refractivity contribution in [2.24, 2.45) is 5.16 Å². The molecule has 5 nitrogen and oxygen atoms in total. The monoisotopic (exact) mass is 326 g/mol. The lowest BCUT2D eigenvalue weighted by molar-refractivity contribution is 0.125. The molecule has 0 bridgehead atoms. The summed E-state index contributed by atoms with van der Waals surface area (Å²) < 4.78 is 25.6. The van der Waals surface area contributed by atoms with Crippen molar-refractivity contribution in [2.75, 3.05) is 0 Å². The van der Waals surface area contributed by atoms with Crippen molar-refractivity contribution in [1.29, 1.82) is 5.26 Å². The molecular formula is C17H14N2O3S. The minimum absolute atomic E-state index is 0.0154. The highest BCUT2D eigenvalue weighted by atomic mass is 32.2. The van der Waals surface area contributed by atoms with E-state index in [1.165, 1.54) is 0 Å². The minimum Gasteiger partial charge on any atom is -0.376 e. The lowest BCUT2D eigenvalue weighted by atomic mass is 10.1. The molecule has 0 fully saturated rings. The van der Waals surface area contributed by atoms with Gasteiger partial charge in [0.2, 0.25) is 15.9 Å². The van der Waals surface area contributed by atoms with Crippen molar-refractivity contribution < 1.29 is 13.3 Å². The van der Waals surface area contributed by atoms with Crippen LogP contribution in [0, 0.1) is 11.3 Å². The molecule has 1 aliphatic heterocycles. The van der Waals surface area contributed by atoms with E-state index in [1.54, 1.807) is 18.2 Å². The average molecular weight is 326 g/mol. The fourth-order valence-corrected chi connectivity index (χ4v) is 3.95. The molecule has 0 radical (unpaired) electrons. The number of hydrogen-bond acceptors (Lipinski definition) is 5. The summed E-state index contributed by atoms with van der Waals surface area (Å²) >= 11 is 0. The first kappa shape index (κ1) is 15.3. The summed E-state index contributed by atoms with van der Waals surface area (Å²) in [5.41, 5.74) is 1.72. The Hall–Kier alpha value is -2.65. The van der Waals surface area contributed by atoms with E-state index in [4.69, 9.17) is 10.1 Å². The van der Waals surface area contributed by atoms with Gasteiger partial charge in [0, 0.05) is 0 Å². The summed E-state index contributed by atoms with van der Waals surface area (Å²) in [4.78, 5) is 5.04. The number of benzene rings is 2. The van der Waals surface area contributed by atoms with E-state index in [0.717, 1.165) is 5.56 Å². The smallest absolute Gasteiger partial charge is 0.223 e. The van der Waals surface area contributed by atoms with Crippen molar-refractivity contribution in [3.8, 4) is 6.07 Å². The maximum absolute atomic E-state index is 12.8. The quantitative estimate of drug-likeness (QED) is 0.868. The average Bonchev–Trinajstić information content (AvgIpc) is 3.06. The minimum atomic E-state index is -3.76. The van der Waals surface area contributed by atoms with Gasteiger partial charge in [0.1, 0.15) is 6.07 Å². The Balaban J connectivity index is 1.96. The van der Waals surface area contributed by atoms with Gasteiger partial charge in [0.05, 0.1) is 11.3 Å². The van der Waals surface area contributed by atoms with Crippen molar-refractivity contribution in [3.05, 3.63) is 65.7 Å². The summed E-state index contributed by atoms with van der Waals surface area (Å²) in [5.74, 6) is 0. The van der Waals surface area contributed by atoms with Crippen LogP contribution in [0.15, 0.2) is 64.6 Å². The van der Waals surface area contributed by atoms with Gasteiger partial charge >= 0.3 is 0 Å². The van der Waals surface area contributed by atoms with Crippen molar-refractivity contribution in [1.82, 2.24) is 0 Å². The van der Waals surface area contributed by atoms with Crippen LogP contribution in [0.5, 0.6) is 0 Å². The maximum atomic E-state index is 12.8. The van der Waals surface area contributed by atoms with Gasteiger partial charge in [-0.15, -0.1) is 0 Å². The van der Waals surface area contributed by atoms with Crippen LogP contribution in [0.25, 0.3) is 0 Å². The molecule has 0 aliphatic carbocycles. The molecule has 3 rings (SSSR count). The Morgan fingerprint density at radius 3 is 2.52 bits per heavy atom. The Morgan fingerprint density at radius 2 is 1.83 bits per heavy atom. The molecule has 1 unspecified atom stereocenters. The van der Waals surface area contributed by atoms with Crippen LogP contribution in [0.1, 0.15) is 17.5 Å². The van der Waals surface area contributed by atoms with Gasteiger partial charge in [-0.3, -0.25) is 0 Å². The highest BCUT2D eigenvalue weighted by Crippen LogP contribution is 2.25. The summed E-state index contributed by atoms with van der Waals surface area (Å²) in [7, 11) is -3.76. The molecule has 0 amide bonds. The molecule has 116 valence electrons. The number of nitrogens with zero attached hydrogens (tertiary/aromatic N) is 2. The Labute approximate surface area is 134 Å². The molecule has 2 aromatic carbocycles. The zero-order valence-corrected chi connectivity index (χ0v) is 13.0. The Morgan fingerprint density at radius 1 is 1.13 bits per heavy atom. The molecule has 1 atom stereocenters. The number of sulfone groups is 1. The van der Waals surface area contributed by atoms with Crippen LogP contribution in [-0.2, 0) is 21.1 Å². The summed E-state index contributed by atoms with van der Waals surface area (Å²) in [6.07, 6.45) is -0.342. The highest BCUT2D eigenvalue weighted by Gasteiger charge is 2.33. The molecule has 0 aromatic heterocycles. The molecule has 1 heterocycles. The van der Waals surface area contributed by atoms with Crippen LogP contribution < -0.4 is 0 Å². The second-order valence-corrected chi connectivity index (χ2v) is 7.10. The van der Waals surface area contributed by atoms with Gasteiger partial charge in [-0.05, 0) is 23.6 Å². The molecule has 1 aliphatic rings. The third kappa shape index (κ3) is 3.10. The number of nitriles is 1. The van der Waals surface area contributed by atoms with Crippen LogP contribution in [-0.4, -0.2) is 19.6 Å². The van der Waals surface area contributed by atoms with Crippen LogP contribution in [0.3, 0.4) is 0 Å². The summed E-state index contributed by atoms with van der Waals surface area (Å²) in [6, 6.07) is 18.4. The fraction of sp³-hybridized carbons (Fsp3) is 0.176. The second-order valence-electron chi connectivity index (χ2n) is 5.19. The van der Waals surface area contributed by atoms with Gasteiger partial charge < -0.3 is 4.84 Å². The Bertz CT molecular complexity index is 884. The molecule has 6 heteroatoms. The Kier molecular flexibility index (Phi) is 4.13. The molecule has 2 aromatic rings. The normalized spacial score (nSPS) is 17.2. The number of hydrogen-bond donors (Lipinski definition) is 0. The molecule has 0 spiro atoms. The van der Waals surface area contributed by atoms with E-state index in [9.17, 15) is 8.42 Å². The molecule has 0 saturated carbocycles. The zero-order chi connectivity index (χ0) is 16.3. The number of oxime groups is 1. The molecule has 23 heavy (non-hydrogen) atoms. The third-order valence-electron chi connectivity index (χ3n) is 3.60. The molecule has 0 saturated heterocycles. The predicted molar refractivity (Wildman–Crippen MR) is 85.4 cm³/mol. The second kappa shape index (κ2) is 6.23. The first-order chi connectivity index (χ1) is 11.1. The van der Waals surface area contributed by atoms with Crippen LogP contribution in [0.2, 0.25) is 0 Å². The van der Waals surface area contributed by atoms with Gasteiger partial charge in [0.25, 0.3) is 0 Å². The van der Waals surface area contributed by atoms with E-state index >= 15 is 0 Å². The van der Waals surface area contributed by atoms with E-state index in [-0.39, 0.29) is 16.4 Å². The molecule has 0 N–H and O–H groups in total. The first-order valence-corrected chi connectivity index (χ1v) is 8.59. The predicted octanol–water partition coefficient (Wildman–Crippen LogP) is 2.68. The zero-order valence-electron chi connectivity index (χ0n) is 12.2. The first-order valence-electron chi connectivity index (χ1n) is 7.10. The van der Waals surface area contributed by atoms with Gasteiger partial charge in [-0.25, -0.2) is 8.42 Å². The van der Waals surface area contributed by atoms with Crippen molar-refractivity contribution in [2.45, 2.75) is 23.8 Å². The third-order valence-corrected chi connectivity index (χ3v) is 5.43. The summed E-state index contributed by atoms with van der Waals surface area (Å²) in [6.45, 7) is 0. The van der Waals surface area contributed by atoms with Gasteiger partial charge in [0.15, 0.2) is 5.04 Å². The van der Waals surface area contributed by atoms with Crippen LogP contribution in [0.4, 0.5) is 0 Å². The highest BCUT2D eigenvalue weighted by molar-refractivity contribution is 8.06. The van der Waals surface area contributed by atoms with E-state index < -0.39 is 15.9 Å².